The second-order valence-electron chi connectivity index (χ2n) is 8.77. The first-order valence-electron chi connectivity index (χ1n) is 12.3. The third kappa shape index (κ3) is 4.48. The normalized spacial score (nSPS) is 12.4. The minimum atomic E-state index is -1.52. The summed E-state index contributed by atoms with van der Waals surface area (Å²) >= 11 is 0. The summed E-state index contributed by atoms with van der Waals surface area (Å²) in [4.78, 5) is 31.2. The molecule has 0 bridgehead atoms. The number of ketones is 1. The SMILES string of the molecule is CCOC(=O)c1ccc(NC(C(=O)c2ccccc2)(c2ccccc2)c2ccc3cccnc3c2O)cc1. The Balaban J connectivity index is 1.76. The number of hydrogen-bond donors (Lipinski definition) is 2. The molecule has 2 N–H and O–H groups in total. The van der Waals surface area contributed by atoms with Crippen LogP contribution in [0.25, 0.3) is 10.9 Å². The van der Waals surface area contributed by atoms with Crippen LogP contribution < -0.4 is 5.32 Å². The first-order valence-corrected chi connectivity index (χ1v) is 12.3. The van der Waals surface area contributed by atoms with E-state index in [1.54, 1.807) is 73.8 Å². The number of carbonyl (C=O) groups is 2. The fraction of sp³-hybridized carbons (Fsp3) is 0.0938. The number of phenolic OH excluding ortho intramolecular Hbond substituents is 1. The Morgan fingerprint density at radius 1 is 0.816 bits per heavy atom. The number of phenols is 1. The van der Waals surface area contributed by atoms with E-state index in [2.05, 4.69) is 10.3 Å². The van der Waals surface area contributed by atoms with E-state index in [4.69, 9.17) is 4.74 Å². The lowest BCUT2D eigenvalue weighted by Gasteiger charge is -2.36. The van der Waals surface area contributed by atoms with E-state index in [0.29, 0.717) is 33.5 Å². The molecular formula is C32H26N2O4. The van der Waals surface area contributed by atoms with Gasteiger partial charge < -0.3 is 15.2 Å². The largest absolute Gasteiger partial charge is 0.505 e. The summed E-state index contributed by atoms with van der Waals surface area (Å²) in [7, 11) is 0. The monoisotopic (exact) mass is 502 g/mol. The highest BCUT2D eigenvalue weighted by atomic mass is 16.5. The van der Waals surface area contributed by atoms with Crippen LogP contribution in [-0.4, -0.2) is 28.4 Å². The zero-order valence-corrected chi connectivity index (χ0v) is 20.8. The molecule has 6 nitrogen and oxygen atoms in total. The highest BCUT2D eigenvalue weighted by Crippen LogP contribution is 2.43. The molecule has 1 aromatic heterocycles. The number of hydrogen-bond acceptors (Lipinski definition) is 6. The zero-order chi connectivity index (χ0) is 26.5. The molecule has 0 saturated carbocycles. The molecule has 5 aromatic rings. The lowest BCUT2D eigenvalue weighted by atomic mass is 9.75. The van der Waals surface area contributed by atoms with E-state index in [0.717, 1.165) is 5.39 Å². The van der Waals surface area contributed by atoms with E-state index in [9.17, 15) is 14.7 Å². The number of fused-ring (bicyclic) bond motifs is 1. The van der Waals surface area contributed by atoms with Gasteiger partial charge in [0.05, 0.1) is 12.2 Å². The second-order valence-corrected chi connectivity index (χ2v) is 8.77. The molecule has 0 amide bonds. The Kier molecular flexibility index (Phi) is 6.87. The van der Waals surface area contributed by atoms with E-state index in [-0.39, 0.29) is 18.1 Å². The molecule has 0 spiro atoms. The van der Waals surface area contributed by atoms with Crippen LogP contribution in [0.4, 0.5) is 5.69 Å². The van der Waals surface area contributed by atoms with E-state index < -0.39 is 11.5 Å². The third-order valence-corrected chi connectivity index (χ3v) is 6.46. The first-order chi connectivity index (χ1) is 18.5. The molecule has 1 atom stereocenters. The number of nitrogens with zero attached hydrogens (tertiary/aromatic N) is 1. The molecule has 5 rings (SSSR count). The van der Waals surface area contributed by atoms with Gasteiger partial charge in [-0.25, -0.2) is 4.79 Å². The number of aromatic hydroxyl groups is 1. The highest BCUT2D eigenvalue weighted by Gasteiger charge is 2.45. The average molecular weight is 503 g/mol. The number of aromatic nitrogens is 1. The lowest BCUT2D eigenvalue weighted by molar-refractivity contribution is 0.0526. The number of carbonyl (C=O) groups excluding carboxylic acids is 2. The molecule has 0 aliphatic rings. The van der Waals surface area contributed by atoms with Crippen LogP contribution in [0.5, 0.6) is 5.75 Å². The van der Waals surface area contributed by atoms with Crippen molar-refractivity contribution in [1.29, 1.82) is 0 Å². The molecule has 0 aliphatic heterocycles. The van der Waals surface area contributed by atoms with Crippen LogP contribution in [0.3, 0.4) is 0 Å². The van der Waals surface area contributed by atoms with Gasteiger partial charge in [0, 0.05) is 28.4 Å². The summed E-state index contributed by atoms with van der Waals surface area (Å²) in [5, 5.41) is 15.8. The van der Waals surface area contributed by atoms with Gasteiger partial charge in [0.2, 0.25) is 0 Å². The maximum absolute atomic E-state index is 14.6. The molecule has 6 heteroatoms. The molecule has 0 saturated heterocycles. The number of esters is 1. The number of nitrogens with one attached hydrogen (secondary N) is 1. The minimum absolute atomic E-state index is 0.0909. The van der Waals surface area contributed by atoms with Gasteiger partial charge >= 0.3 is 5.97 Å². The molecule has 0 radical (unpaired) electrons. The summed E-state index contributed by atoms with van der Waals surface area (Å²) in [6.07, 6.45) is 1.61. The Labute approximate surface area is 220 Å². The van der Waals surface area contributed by atoms with E-state index in [1.165, 1.54) is 0 Å². The standard InChI is InChI=1S/C32H26N2O4/c1-2-38-31(37)24-15-18-26(19-16-24)34-32(25-13-7-4-8-14-25,30(36)23-10-5-3-6-11-23)27-20-17-22-12-9-21-33-28(22)29(27)35/h3-21,34-35H,2H2,1H3. The van der Waals surface area contributed by atoms with Crippen molar-refractivity contribution in [1.82, 2.24) is 4.98 Å². The Morgan fingerprint density at radius 3 is 2.18 bits per heavy atom. The van der Waals surface area contributed by atoms with Gasteiger partial charge in [0.1, 0.15) is 11.3 Å². The highest BCUT2D eigenvalue weighted by molar-refractivity contribution is 6.09. The summed E-state index contributed by atoms with van der Waals surface area (Å²) < 4.78 is 5.11. The van der Waals surface area contributed by atoms with Gasteiger partial charge in [0.25, 0.3) is 0 Å². The Hall–Kier alpha value is -4.97. The van der Waals surface area contributed by atoms with Crippen molar-refractivity contribution in [3.63, 3.8) is 0 Å². The fourth-order valence-electron chi connectivity index (χ4n) is 4.65. The van der Waals surface area contributed by atoms with Crippen molar-refractivity contribution < 1.29 is 19.4 Å². The molecule has 0 fully saturated rings. The van der Waals surface area contributed by atoms with Gasteiger partial charge in [-0.1, -0.05) is 78.9 Å². The molecule has 1 unspecified atom stereocenters. The minimum Gasteiger partial charge on any atom is -0.505 e. The Bertz CT molecular complexity index is 1590. The molecule has 38 heavy (non-hydrogen) atoms. The maximum Gasteiger partial charge on any atom is 0.338 e. The van der Waals surface area contributed by atoms with Gasteiger partial charge in [-0.3, -0.25) is 9.78 Å². The predicted molar refractivity (Wildman–Crippen MR) is 147 cm³/mol. The average Bonchev–Trinajstić information content (AvgIpc) is 2.97. The number of pyridine rings is 1. The van der Waals surface area contributed by atoms with Crippen LogP contribution in [-0.2, 0) is 10.3 Å². The van der Waals surface area contributed by atoms with Gasteiger partial charge in [-0.05, 0) is 42.8 Å². The molecule has 1 heterocycles. The number of ether oxygens (including phenoxy) is 1. The van der Waals surface area contributed by atoms with Crippen LogP contribution in [0, 0.1) is 0 Å². The molecule has 0 aliphatic carbocycles. The lowest BCUT2D eigenvalue weighted by Crippen LogP contribution is -2.45. The molecular weight excluding hydrogens is 476 g/mol. The van der Waals surface area contributed by atoms with Crippen molar-refractivity contribution in [3.05, 3.63) is 138 Å². The van der Waals surface area contributed by atoms with Crippen LogP contribution in [0.1, 0.15) is 38.8 Å². The quantitative estimate of drug-likeness (QED) is 0.190. The van der Waals surface area contributed by atoms with Crippen LogP contribution in [0.15, 0.2) is 115 Å². The third-order valence-electron chi connectivity index (χ3n) is 6.46. The predicted octanol–water partition coefficient (Wildman–Crippen LogP) is 6.36. The van der Waals surface area contributed by atoms with Gasteiger partial charge in [-0.15, -0.1) is 0 Å². The summed E-state index contributed by atoms with van der Waals surface area (Å²) in [6.45, 7) is 2.03. The van der Waals surface area contributed by atoms with Gasteiger partial charge in [0.15, 0.2) is 11.3 Å². The number of benzene rings is 4. The maximum atomic E-state index is 14.6. The zero-order valence-electron chi connectivity index (χ0n) is 20.8. The summed E-state index contributed by atoms with van der Waals surface area (Å²) in [5.41, 5.74) is 1.30. The number of Topliss-reactive ketones (excluding diaryl/α,β-unsaturated/α-hetero) is 1. The van der Waals surface area contributed by atoms with E-state index >= 15 is 0 Å². The first kappa shape index (κ1) is 24.7. The van der Waals surface area contributed by atoms with Crippen molar-refractivity contribution in [2.45, 2.75) is 12.5 Å². The number of rotatable bonds is 8. The molecule has 4 aromatic carbocycles. The van der Waals surface area contributed by atoms with Crippen molar-refractivity contribution >= 4 is 28.3 Å². The van der Waals surface area contributed by atoms with E-state index in [1.807, 2.05) is 48.5 Å². The topological polar surface area (TPSA) is 88.5 Å². The van der Waals surface area contributed by atoms with Gasteiger partial charge in [-0.2, -0.15) is 0 Å². The summed E-state index contributed by atoms with van der Waals surface area (Å²) in [5.74, 6) is -0.775. The van der Waals surface area contributed by atoms with Crippen LogP contribution >= 0.6 is 0 Å². The van der Waals surface area contributed by atoms with Crippen molar-refractivity contribution in [3.8, 4) is 5.75 Å². The van der Waals surface area contributed by atoms with Crippen LogP contribution in [0.2, 0.25) is 0 Å². The fourth-order valence-corrected chi connectivity index (χ4v) is 4.65. The summed E-state index contributed by atoms with van der Waals surface area (Å²) in [6, 6.07) is 32.2. The van der Waals surface area contributed by atoms with Crippen molar-refractivity contribution in [2.24, 2.45) is 0 Å². The smallest absolute Gasteiger partial charge is 0.338 e. The van der Waals surface area contributed by atoms with Crippen molar-refractivity contribution in [2.75, 3.05) is 11.9 Å². The second kappa shape index (κ2) is 10.6. The Morgan fingerprint density at radius 2 is 1.50 bits per heavy atom. The number of anilines is 1. The molecule has 188 valence electrons.